The second-order valence-corrected chi connectivity index (χ2v) is 3.94. The topological polar surface area (TPSA) is 29.3 Å². The zero-order valence-electron chi connectivity index (χ0n) is 8.76. The summed E-state index contributed by atoms with van der Waals surface area (Å²) in [5.41, 5.74) is 1.23. The van der Waals surface area contributed by atoms with Crippen LogP contribution in [0.5, 0.6) is 0 Å². The number of allylic oxidation sites excluding steroid dienone is 4. The fraction of sp³-hybridized carbons (Fsp3) is 0.600. The van der Waals surface area contributed by atoms with Crippen LogP contribution < -0.4 is 5.84 Å². The lowest BCUT2D eigenvalue weighted by molar-refractivity contribution is 0.319. The van der Waals surface area contributed by atoms with Crippen molar-refractivity contribution in [3.05, 3.63) is 23.9 Å². The predicted molar refractivity (Wildman–Crippen MR) is 54.3 cm³/mol. The molecule has 0 radical (unpaired) electrons. The van der Waals surface area contributed by atoms with Crippen LogP contribution in [0.15, 0.2) is 23.9 Å². The first-order valence-electron chi connectivity index (χ1n) is 4.21. The highest BCUT2D eigenvalue weighted by molar-refractivity contribution is 5.15. The van der Waals surface area contributed by atoms with Crippen molar-refractivity contribution in [2.75, 3.05) is 7.05 Å². The molecule has 0 rings (SSSR count). The number of nitrogens with two attached hydrogens (primary N) is 1. The van der Waals surface area contributed by atoms with Crippen LogP contribution >= 0.6 is 0 Å². The van der Waals surface area contributed by atoms with Gasteiger partial charge in [-0.15, -0.1) is 0 Å². The number of hydrogen-bond acceptors (Lipinski definition) is 2. The minimum absolute atomic E-state index is 0.100. The molecule has 0 saturated heterocycles. The van der Waals surface area contributed by atoms with Crippen molar-refractivity contribution in [3.63, 3.8) is 0 Å². The Morgan fingerprint density at radius 3 is 2.08 bits per heavy atom. The fourth-order valence-corrected chi connectivity index (χ4v) is 1.08. The maximum atomic E-state index is 5.69. The lowest BCUT2D eigenvalue weighted by Crippen LogP contribution is -2.32. The Hall–Kier alpha value is -0.760. The van der Waals surface area contributed by atoms with Crippen LogP contribution in [0, 0.1) is 5.41 Å². The standard InChI is InChI=1S/C10H20N2/c1-6-7-8-9(12(5)11)10(2,3)4/h6-8H,11H2,1-5H3/b7-6-,9-8-. The van der Waals surface area contributed by atoms with E-state index in [-0.39, 0.29) is 5.41 Å². The van der Waals surface area contributed by atoms with Crippen LogP contribution in [-0.4, -0.2) is 12.1 Å². The van der Waals surface area contributed by atoms with Crippen LogP contribution in [-0.2, 0) is 0 Å². The summed E-state index contributed by atoms with van der Waals surface area (Å²) in [6.07, 6.45) is 6.04. The number of nitrogens with zero attached hydrogens (tertiary/aromatic N) is 1. The first-order valence-corrected chi connectivity index (χ1v) is 4.21. The van der Waals surface area contributed by atoms with Gasteiger partial charge in [0, 0.05) is 18.2 Å². The molecular weight excluding hydrogens is 148 g/mol. The van der Waals surface area contributed by atoms with Gasteiger partial charge in [0.05, 0.1) is 0 Å². The monoisotopic (exact) mass is 168 g/mol. The van der Waals surface area contributed by atoms with Crippen LogP contribution in [0.25, 0.3) is 0 Å². The van der Waals surface area contributed by atoms with Gasteiger partial charge in [0.25, 0.3) is 0 Å². The molecule has 0 fully saturated rings. The third-order valence-corrected chi connectivity index (χ3v) is 1.59. The molecule has 0 bridgehead atoms. The second kappa shape index (κ2) is 4.31. The Bertz CT molecular complexity index is 183. The zero-order chi connectivity index (χ0) is 9.78. The van der Waals surface area contributed by atoms with Crippen LogP contribution in [0.2, 0.25) is 0 Å². The average Bonchev–Trinajstić information content (AvgIpc) is 1.84. The molecule has 0 spiro atoms. The first kappa shape index (κ1) is 11.2. The maximum absolute atomic E-state index is 5.69. The van der Waals surface area contributed by atoms with Gasteiger partial charge in [-0.2, -0.15) is 0 Å². The molecule has 0 aliphatic carbocycles. The molecule has 0 aromatic carbocycles. The second-order valence-electron chi connectivity index (χ2n) is 3.94. The number of hydrogen-bond donors (Lipinski definition) is 1. The highest BCUT2D eigenvalue weighted by Gasteiger charge is 2.18. The van der Waals surface area contributed by atoms with E-state index < -0.39 is 0 Å². The van der Waals surface area contributed by atoms with Gasteiger partial charge in [0.1, 0.15) is 0 Å². The molecule has 70 valence electrons. The molecule has 0 atom stereocenters. The van der Waals surface area contributed by atoms with Gasteiger partial charge < -0.3 is 5.01 Å². The molecule has 0 aromatic heterocycles. The summed E-state index contributed by atoms with van der Waals surface area (Å²) in [5.74, 6) is 5.69. The molecule has 0 amide bonds. The summed E-state index contributed by atoms with van der Waals surface area (Å²) >= 11 is 0. The van der Waals surface area contributed by atoms with Crippen molar-refractivity contribution in [3.8, 4) is 0 Å². The summed E-state index contributed by atoms with van der Waals surface area (Å²) in [5, 5.41) is 1.67. The van der Waals surface area contributed by atoms with E-state index in [1.807, 2.05) is 32.2 Å². The van der Waals surface area contributed by atoms with E-state index in [9.17, 15) is 0 Å². The zero-order valence-corrected chi connectivity index (χ0v) is 8.76. The van der Waals surface area contributed by atoms with Crippen molar-refractivity contribution >= 4 is 0 Å². The smallest absolute Gasteiger partial charge is 0.0341 e. The largest absolute Gasteiger partial charge is 0.318 e. The molecule has 12 heavy (non-hydrogen) atoms. The summed E-state index contributed by atoms with van der Waals surface area (Å²) in [7, 11) is 1.86. The molecule has 0 heterocycles. The molecular formula is C10H20N2. The minimum Gasteiger partial charge on any atom is -0.318 e. The van der Waals surface area contributed by atoms with Crippen molar-refractivity contribution in [2.24, 2.45) is 11.3 Å². The molecule has 0 aliphatic rings. The van der Waals surface area contributed by atoms with Gasteiger partial charge in [-0.3, -0.25) is 0 Å². The highest BCUT2D eigenvalue weighted by atomic mass is 15.4. The van der Waals surface area contributed by atoms with Gasteiger partial charge in [0.2, 0.25) is 0 Å². The molecule has 0 saturated carbocycles. The van der Waals surface area contributed by atoms with E-state index in [2.05, 4.69) is 20.8 Å². The Kier molecular flexibility index (Phi) is 4.04. The van der Waals surface area contributed by atoms with Crippen LogP contribution in [0.1, 0.15) is 27.7 Å². The molecule has 0 unspecified atom stereocenters. The Morgan fingerprint density at radius 2 is 1.83 bits per heavy atom. The Labute approximate surface area is 75.7 Å². The number of rotatable bonds is 2. The maximum Gasteiger partial charge on any atom is 0.0341 e. The fourth-order valence-electron chi connectivity index (χ4n) is 1.08. The van der Waals surface area contributed by atoms with Crippen LogP contribution in [0.3, 0.4) is 0 Å². The third-order valence-electron chi connectivity index (χ3n) is 1.59. The Balaban J connectivity index is 4.67. The predicted octanol–water partition coefficient (Wildman–Crippen LogP) is 2.30. The third kappa shape index (κ3) is 3.58. The summed E-state index contributed by atoms with van der Waals surface area (Å²) in [4.78, 5) is 0. The number of hydrazine groups is 1. The van der Waals surface area contributed by atoms with E-state index in [1.54, 1.807) is 5.01 Å². The normalized spacial score (nSPS) is 14.0. The van der Waals surface area contributed by atoms with E-state index in [4.69, 9.17) is 5.84 Å². The van der Waals surface area contributed by atoms with E-state index >= 15 is 0 Å². The summed E-state index contributed by atoms with van der Waals surface area (Å²) in [6, 6.07) is 0. The quantitative estimate of drug-likeness (QED) is 0.389. The average molecular weight is 168 g/mol. The molecule has 2 heteroatoms. The van der Waals surface area contributed by atoms with Gasteiger partial charge in [0.15, 0.2) is 0 Å². The molecule has 2 nitrogen and oxygen atoms in total. The van der Waals surface area contributed by atoms with E-state index in [1.165, 1.54) is 0 Å². The van der Waals surface area contributed by atoms with Crippen molar-refractivity contribution in [1.29, 1.82) is 0 Å². The lowest BCUT2D eigenvalue weighted by Gasteiger charge is -2.28. The van der Waals surface area contributed by atoms with E-state index in [0.29, 0.717) is 0 Å². The Morgan fingerprint density at radius 1 is 1.33 bits per heavy atom. The van der Waals surface area contributed by atoms with Crippen molar-refractivity contribution in [1.82, 2.24) is 5.01 Å². The first-order chi connectivity index (χ1) is 5.39. The van der Waals surface area contributed by atoms with Crippen molar-refractivity contribution < 1.29 is 0 Å². The minimum atomic E-state index is 0.100. The van der Waals surface area contributed by atoms with Crippen LogP contribution in [0.4, 0.5) is 0 Å². The van der Waals surface area contributed by atoms with Gasteiger partial charge in [-0.25, -0.2) is 5.84 Å². The molecule has 2 N–H and O–H groups in total. The SMILES string of the molecule is C/C=C\C=C(/N(C)N)C(C)(C)C. The molecule has 0 aromatic rings. The van der Waals surface area contributed by atoms with Crippen molar-refractivity contribution in [2.45, 2.75) is 27.7 Å². The molecule has 0 aliphatic heterocycles. The lowest BCUT2D eigenvalue weighted by atomic mass is 9.91. The highest BCUT2D eigenvalue weighted by Crippen LogP contribution is 2.25. The van der Waals surface area contributed by atoms with Gasteiger partial charge in [-0.1, -0.05) is 32.9 Å². The summed E-state index contributed by atoms with van der Waals surface area (Å²) < 4.78 is 0. The van der Waals surface area contributed by atoms with Gasteiger partial charge in [-0.05, 0) is 13.0 Å². The van der Waals surface area contributed by atoms with Gasteiger partial charge >= 0.3 is 0 Å². The summed E-state index contributed by atoms with van der Waals surface area (Å²) in [6.45, 7) is 8.43. The van der Waals surface area contributed by atoms with E-state index in [0.717, 1.165) is 5.70 Å².